The monoisotopic (exact) mass is 295 g/mol. The average molecular weight is 295 g/mol. The predicted octanol–water partition coefficient (Wildman–Crippen LogP) is 1.55. The summed E-state index contributed by atoms with van der Waals surface area (Å²) in [7, 11) is 0. The van der Waals surface area contributed by atoms with Crippen LogP contribution in [0, 0.1) is 0 Å². The number of rotatable bonds is 7. The van der Waals surface area contributed by atoms with Crippen LogP contribution in [0.3, 0.4) is 0 Å². The topological polar surface area (TPSA) is 78.5 Å². The van der Waals surface area contributed by atoms with E-state index in [-0.39, 0.29) is 18.4 Å². The molecule has 1 saturated heterocycles. The van der Waals surface area contributed by atoms with Gasteiger partial charge >= 0.3 is 6.03 Å². The molecule has 2 fully saturated rings. The van der Waals surface area contributed by atoms with E-state index in [2.05, 4.69) is 17.6 Å². The summed E-state index contributed by atoms with van der Waals surface area (Å²) in [4.78, 5) is 37.2. The first-order valence-corrected chi connectivity index (χ1v) is 8.00. The van der Waals surface area contributed by atoms with Crippen LogP contribution in [0.1, 0.15) is 58.3 Å². The van der Waals surface area contributed by atoms with Crippen LogP contribution in [0.5, 0.6) is 0 Å². The maximum atomic E-state index is 12.4. The second-order valence-corrected chi connectivity index (χ2v) is 6.02. The SMILES string of the molecule is CCCCCCNC(=O)CN1C(=O)NC2(CCCC2)C1=O. The Kier molecular flexibility index (Phi) is 5.20. The summed E-state index contributed by atoms with van der Waals surface area (Å²) in [6.07, 6.45) is 7.60. The summed E-state index contributed by atoms with van der Waals surface area (Å²) in [5.41, 5.74) is -0.724. The highest BCUT2D eigenvalue weighted by atomic mass is 16.2. The zero-order valence-corrected chi connectivity index (χ0v) is 12.7. The summed E-state index contributed by atoms with van der Waals surface area (Å²) >= 11 is 0. The largest absolute Gasteiger partial charge is 0.355 e. The molecule has 0 unspecified atom stereocenters. The van der Waals surface area contributed by atoms with E-state index in [9.17, 15) is 14.4 Å². The van der Waals surface area contributed by atoms with Gasteiger partial charge in [0.1, 0.15) is 12.1 Å². The number of hydrogen-bond acceptors (Lipinski definition) is 3. The van der Waals surface area contributed by atoms with Crippen LogP contribution >= 0.6 is 0 Å². The van der Waals surface area contributed by atoms with Crippen molar-refractivity contribution in [1.29, 1.82) is 0 Å². The van der Waals surface area contributed by atoms with E-state index in [1.54, 1.807) is 0 Å². The van der Waals surface area contributed by atoms with Crippen LogP contribution in [0.2, 0.25) is 0 Å². The molecule has 0 bridgehead atoms. The van der Waals surface area contributed by atoms with Gasteiger partial charge in [-0.1, -0.05) is 39.0 Å². The molecule has 118 valence electrons. The van der Waals surface area contributed by atoms with Crippen LogP contribution in [0.4, 0.5) is 4.79 Å². The summed E-state index contributed by atoms with van der Waals surface area (Å²) in [5, 5.41) is 5.55. The maximum Gasteiger partial charge on any atom is 0.325 e. The smallest absolute Gasteiger partial charge is 0.325 e. The van der Waals surface area contributed by atoms with E-state index in [4.69, 9.17) is 0 Å². The van der Waals surface area contributed by atoms with Crippen molar-refractivity contribution in [1.82, 2.24) is 15.5 Å². The van der Waals surface area contributed by atoms with Gasteiger partial charge in [-0.05, 0) is 19.3 Å². The van der Waals surface area contributed by atoms with Crippen molar-refractivity contribution in [3.05, 3.63) is 0 Å². The number of unbranched alkanes of at least 4 members (excludes halogenated alkanes) is 3. The van der Waals surface area contributed by atoms with Crippen molar-refractivity contribution in [3.63, 3.8) is 0 Å². The van der Waals surface area contributed by atoms with Gasteiger partial charge in [0.2, 0.25) is 5.91 Å². The van der Waals surface area contributed by atoms with Gasteiger partial charge in [0.05, 0.1) is 0 Å². The number of nitrogens with one attached hydrogen (secondary N) is 2. The quantitative estimate of drug-likeness (QED) is 0.552. The van der Waals surface area contributed by atoms with Crippen molar-refractivity contribution in [2.45, 2.75) is 63.8 Å². The van der Waals surface area contributed by atoms with E-state index < -0.39 is 11.6 Å². The van der Waals surface area contributed by atoms with E-state index in [0.717, 1.165) is 43.4 Å². The molecule has 0 radical (unpaired) electrons. The van der Waals surface area contributed by atoms with Crippen LogP contribution in [-0.4, -0.2) is 41.4 Å². The molecular formula is C15H25N3O3. The van der Waals surface area contributed by atoms with E-state index >= 15 is 0 Å². The second-order valence-electron chi connectivity index (χ2n) is 6.02. The lowest BCUT2D eigenvalue weighted by Crippen LogP contribution is -2.45. The Morgan fingerprint density at radius 3 is 2.62 bits per heavy atom. The van der Waals surface area contributed by atoms with Crippen LogP contribution in [0.25, 0.3) is 0 Å². The maximum absolute atomic E-state index is 12.4. The third-order valence-corrected chi connectivity index (χ3v) is 4.36. The van der Waals surface area contributed by atoms with Gasteiger partial charge < -0.3 is 10.6 Å². The van der Waals surface area contributed by atoms with Crippen LogP contribution < -0.4 is 10.6 Å². The summed E-state index contributed by atoms with van der Waals surface area (Å²) < 4.78 is 0. The van der Waals surface area contributed by atoms with E-state index in [0.29, 0.717) is 19.4 Å². The van der Waals surface area contributed by atoms with Gasteiger partial charge in [-0.15, -0.1) is 0 Å². The Hall–Kier alpha value is -1.59. The minimum atomic E-state index is -0.724. The lowest BCUT2D eigenvalue weighted by atomic mass is 9.98. The standard InChI is InChI=1S/C15H25N3O3/c1-2-3-4-7-10-16-12(19)11-18-13(20)15(17-14(18)21)8-5-6-9-15/h2-11H2,1H3,(H,16,19)(H,17,21). The number of nitrogens with zero attached hydrogens (tertiary/aromatic N) is 1. The Morgan fingerprint density at radius 2 is 1.95 bits per heavy atom. The highest BCUT2D eigenvalue weighted by molar-refractivity contribution is 6.09. The van der Waals surface area contributed by atoms with Crippen molar-refractivity contribution in [2.75, 3.05) is 13.1 Å². The predicted molar refractivity (Wildman–Crippen MR) is 78.6 cm³/mol. The number of urea groups is 1. The number of hydrogen-bond donors (Lipinski definition) is 2. The Bertz CT molecular complexity index is 416. The molecule has 1 spiro atoms. The fourth-order valence-corrected chi connectivity index (χ4v) is 3.12. The number of carbonyl (C=O) groups excluding carboxylic acids is 3. The van der Waals surface area contributed by atoms with Crippen LogP contribution in [0.15, 0.2) is 0 Å². The molecule has 1 heterocycles. The molecule has 2 N–H and O–H groups in total. The normalized spacial score (nSPS) is 20.1. The molecule has 1 saturated carbocycles. The third kappa shape index (κ3) is 3.54. The molecule has 0 aromatic rings. The fourth-order valence-electron chi connectivity index (χ4n) is 3.12. The minimum absolute atomic E-state index is 0.166. The van der Waals surface area contributed by atoms with Crippen molar-refractivity contribution in [2.24, 2.45) is 0 Å². The van der Waals surface area contributed by atoms with E-state index in [1.807, 2.05) is 0 Å². The zero-order chi connectivity index (χ0) is 15.3. The summed E-state index contributed by atoms with van der Waals surface area (Å²) in [6.45, 7) is 2.57. The first kappa shape index (κ1) is 15.8. The molecule has 2 rings (SSSR count). The molecule has 2 aliphatic rings. The highest BCUT2D eigenvalue weighted by Crippen LogP contribution is 2.34. The molecule has 21 heavy (non-hydrogen) atoms. The molecular weight excluding hydrogens is 270 g/mol. The van der Waals surface area contributed by atoms with E-state index in [1.165, 1.54) is 0 Å². The van der Waals surface area contributed by atoms with Crippen molar-refractivity contribution >= 4 is 17.8 Å². The molecule has 6 nitrogen and oxygen atoms in total. The molecule has 0 atom stereocenters. The van der Waals surface area contributed by atoms with Gasteiger partial charge in [0.15, 0.2) is 0 Å². The van der Waals surface area contributed by atoms with Crippen molar-refractivity contribution in [3.8, 4) is 0 Å². The molecule has 0 aromatic heterocycles. The first-order valence-electron chi connectivity index (χ1n) is 8.00. The average Bonchev–Trinajstić information content (AvgIpc) is 3.00. The highest BCUT2D eigenvalue weighted by Gasteiger charge is 2.52. The Balaban J connectivity index is 1.78. The minimum Gasteiger partial charge on any atom is -0.355 e. The lowest BCUT2D eigenvalue weighted by Gasteiger charge is -2.19. The van der Waals surface area contributed by atoms with Gasteiger partial charge in [-0.25, -0.2) is 4.79 Å². The molecule has 1 aliphatic heterocycles. The Labute approximate surface area is 125 Å². The number of carbonyl (C=O) groups is 3. The zero-order valence-electron chi connectivity index (χ0n) is 12.7. The molecule has 1 aliphatic carbocycles. The van der Waals surface area contributed by atoms with Gasteiger partial charge in [0, 0.05) is 6.54 Å². The van der Waals surface area contributed by atoms with Gasteiger partial charge in [0.25, 0.3) is 5.91 Å². The Morgan fingerprint density at radius 1 is 1.24 bits per heavy atom. The second kappa shape index (κ2) is 6.91. The lowest BCUT2D eigenvalue weighted by molar-refractivity contribution is -0.134. The summed E-state index contributed by atoms with van der Waals surface area (Å²) in [5.74, 6) is -0.490. The number of imide groups is 1. The van der Waals surface area contributed by atoms with Crippen LogP contribution in [-0.2, 0) is 9.59 Å². The van der Waals surface area contributed by atoms with Gasteiger partial charge in [-0.2, -0.15) is 0 Å². The first-order chi connectivity index (χ1) is 10.1. The fraction of sp³-hybridized carbons (Fsp3) is 0.800. The van der Waals surface area contributed by atoms with Gasteiger partial charge in [-0.3, -0.25) is 14.5 Å². The number of amides is 4. The summed E-state index contributed by atoms with van der Waals surface area (Å²) in [6, 6.07) is -0.428. The molecule has 0 aromatic carbocycles. The third-order valence-electron chi connectivity index (χ3n) is 4.36. The van der Waals surface area contributed by atoms with Crippen molar-refractivity contribution < 1.29 is 14.4 Å². The molecule has 4 amide bonds. The molecule has 6 heteroatoms.